The van der Waals surface area contributed by atoms with Crippen LogP contribution in [0.2, 0.25) is 0 Å². The van der Waals surface area contributed by atoms with Crippen molar-refractivity contribution in [3.63, 3.8) is 0 Å². The maximum Gasteiger partial charge on any atom is 0.326 e. The fraction of sp³-hybridized carbons (Fsp3) is 0.217. The minimum atomic E-state index is -1.03. The van der Waals surface area contributed by atoms with Crippen LogP contribution in [0.25, 0.3) is 20.7 Å². The Kier molecular flexibility index (Phi) is 6.57. The average Bonchev–Trinajstić information content (AvgIpc) is 3.46. The topological polar surface area (TPSA) is 93.5 Å². The summed E-state index contributed by atoms with van der Waals surface area (Å²) in [6, 6.07) is 11.1. The lowest BCUT2D eigenvalue weighted by atomic mass is 10.2. The maximum atomic E-state index is 13.0. The summed E-state index contributed by atoms with van der Waals surface area (Å²) in [5.74, 6) is -1.16. The molecule has 8 nitrogen and oxygen atoms in total. The van der Waals surface area contributed by atoms with Crippen LogP contribution < -0.4 is 15.8 Å². The van der Waals surface area contributed by atoms with Gasteiger partial charge in [-0.25, -0.2) is 4.98 Å². The van der Waals surface area contributed by atoms with Gasteiger partial charge in [-0.05, 0) is 42.6 Å². The lowest BCUT2D eigenvalue weighted by molar-refractivity contribution is -0.153. The van der Waals surface area contributed by atoms with Gasteiger partial charge in [0, 0.05) is 41.3 Å². The number of esters is 1. The second-order valence-corrected chi connectivity index (χ2v) is 9.35. The fourth-order valence-electron chi connectivity index (χ4n) is 3.21. The predicted octanol–water partition coefficient (Wildman–Crippen LogP) is 3.82. The quantitative estimate of drug-likeness (QED) is 0.403. The first kappa shape index (κ1) is 22.7. The number of amides is 1. The molecule has 1 atom stereocenters. The van der Waals surface area contributed by atoms with E-state index in [1.54, 1.807) is 12.1 Å². The van der Waals surface area contributed by atoms with Crippen LogP contribution in [0.1, 0.15) is 6.92 Å². The number of ether oxygens (including phenoxy) is 1. The maximum absolute atomic E-state index is 13.0. The molecule has 0 saturated carbocycles. The van der Waals surface area contributed by atoms with Gasteiger partial charge in [-0.1, -0.05) is 6.07 Å². The monoisotopic (exact) mass is 482 g/mol. The molecule has 170 valence electrons. The van der Waals surface area contributed by atoms with Crippen LogP contribution in [0.15, 0.2) is 58.3 Å². The first-order valence-corrected chi connectivity index (χ1v) is 11.9. The van der Waals surface area contributed by atoms with Crippen molar-refractivity contribution in [2.75, 3.05) is 24.3 Å². The molecule has 1 N–H and O–H groups in total. The van der Waals surface area contributed by atoms with E-state index in [9.17, 15) is 14.4 Å². The third-order valence-corrected chi connectivity index (χ3v) is 6.76. The van der Waals surface area contributed by atoms with E-state index in [0.29, 0.717) is 15.9 Å². The minimum Gasteiger partial charge on any atom is -0.451 e. The van der Waals surface area contributed by atoms with E-state index in [1.165, 1.54) is 40.5 Å². The van der Waals surface area contributed by atoms with Crippen LogP contribution >= 0.6 is 22.7 Å². The molecule has 1 aromatic carbocycles. The number of carbonyl (C=O) groups excluding carboxylic acids is 2. The highest BCUT2D eigenvalue weighted by Gasteiger charge is 2.20. The number of benzene rings is 1. The highest BCUT2D eigenvalue weighted by atomic mass is 32.1. The third-order valence-electron chi connectivity index (χ3n) is 4.98. The van der Waals surface area contributed by atoms with Crippen molar-refractivity contribution in [1.29, 1.82) is 0 Å². The smallest absolute Gasteiger partial charge is 0.326 e. The average molecular weight is 483 g/mol. The van der Waals surface area contributed by atoms with Crippen molar-refractivity contribution in [2.45, 2.75) is 19.6 Å². The molecule has 1 unspecified atom stereocenters. The van der Waals surface area contributed by atoms with Gasteiger partial charge in [-0.2, -0.15) is 0 Å². The molecule has 0 aliphatic rings. The predicted molar refractivity (Wildman–Crippen MR) is 132 cm³/mol. The van der Waals surface area contributed by atoms with Gasteiger partial charge >= 0.3 is 5.97 Å². The first-order chi connectivity index (χ1) is 15.8. The van der Waals surface area contributed by atoms with Crippen LogP contribution in [0.3, 0.4) is 0 Å². The number of nitrogens with one attached hydrogen (secondary N) is 1. The Morgan fingerprint density at radius 3 is 2.61 bits per heavy atom. The molecule has 0 spiro atoms. The number of rotatable bonds is 7. The highest BCUT2D eigenvalue weighted by molar-refractivity contribution is 7.18. The van der Waals surface area contributed by atoms with Crippen molar-refractivity contribution < 1.29 is 14.3 Å². The highest BCUT2D eigenvalue weighted by Crippen LogP contribution is 2.33. The van der Waals surface area contributed by atoms with Crippen molar-refractivity contribution >= 4 is 56.1 Å². The summed E-state index contributed by atoms with van der Waals surface area (Å²) in [4.78, 5) is 45.7. The molecule has 1 amide bonds. The minimum absolute atomic E-state index is 0.320. The van der Waals surface area contributed by atoms with Crippen molar-refractivity contribution in [3.05, 3.63) is 63.8 Å². The van der Waals surface area contributed by atoms with E-state index in [4.69, 9.17) is 4.74 Å². The summed E-state index contributed by atoms with van der Waals surface area (Å²) in [6.45, 7) is 1.15. The van der Waals surface area contributed by atoms with E-state index >= 15 is 0 Å². The van der Waals surface area contributed by atoms with E-state index in [2.05, 4.69) is 10.3 Å². The molecular weight excluding hydrogens is 460 g/mol. The zero-order chi connectivity index (χ0) is 23.5. The number of carbonyl (C=O) groups is 2. The molecule has 0 bridgehead atoms. The van der Waals surface area contributed by atoms with E-state index in [-0.39, 0.29) is 12.1 Å². The van der Waals surface area contributed by atoms with E-state index < -0.39 is 18.0 Å². The normalized spacial score (nSPS) is 11.8. The van der Waals surface area contributed by atoms with Gasteiger partial charge in [-0.15, -0.1) is 22.7 Å². The molecule has 4 aromatic rings. The molecule has 0 aliphatic carbocycles. The Bertz CT molecular complexity index is 1340. The van der Waals surface area contributed by atoms with Crippen LogP contribution in [0.4, 0.5) is 11.4 Å². The molecule has 3 heterocycles. The lowest BCUT2D eigenvalue weighted by Gasteiger charge is -2.15. The standard InChI is InChI=1S/C23H22N4O4S2/c1-14(21(29)25-15-6-8-16(9-7-15)26(2)3)31-19(28)11-27-13-24-22-20(23(27)30)17(12-33-22)18-5-4-10-32-18/h4-10,12-14H,11H2,1-3H3,(H,25,29). The SMILES string of the molecule is CC(OC(=O)Cn1cnc2scc(-c3cccs3)c2c1=O)C(=O)Nc1ccc(N(C)C)cc1. The largest absolute Gasteiger partial charge is 0.451 e. The van der Waals surface area contributed by atoms with Crippen LogP contribution in [-0.2, 0) is 20.9 Å². The number of nitrogens with zero attached hydrogens (tertiary/aromatic N) is 3. The van der Waals surface area contributed by atoms with Crippen LogP contribution in [0, 0.1) is 0 Å². The second-order valence-electron chi connectivity index (χ2n) is 7.55. The third kappa shape index (κ3) is 4.96. The van der Waals surface area contributed by atoms with E-state index in [1.807, 2.05) is 54.0 Å². The number of hydrogen-bond acceptors (Lipinski definition) is 8. The van der Waals surface area contributed by atoms with Crippen molar-refractivity contribution in [1.82, 2.24) is 9.55 Å². The lowest BCUT2D eigenvalue weighted by Crippen LogP contribution is -2.33. The number of fused-ring (bicyclic) bond motifs is 1. The molecule has 0 fully saturated rings. The summed E-state index contributed by atoms with van der Waals surface area (Å²) in [5.41, 5.74) is 2.08. The summed E-state index contributed by atoms with van der Waals surface area (Å²) in [6.07, 6.45) is 0.304. The second kappa shape index (κ2) is 9.55. The van der Waals surface area contributed by atoms with Gasteiger partial charge in [0.05, 0.1) is 11.7 Å². The Balaban J connectivity index is 1.43. The van der Waals surface area contributed by atoms with E-state index in [0.717, 1.165) is 16.1 Å². The summed E-state index contributed by atoms with van der Waals surface area (Å²) in [7, 11) is 3.85. The van der Waals surface area contributed by atoms with Gasteiger partial charge < -0.3 is 15.0 Å². The molecule has 0 radical (unpaired) electrons. The van der Waals surface area contributed by atoms with Gasteiger partial charge in [0.2, 0.25) is 0 Å². The molecule has 0 saturated heterocycles. The Morgan fingerprint density at radius 1 is 1.18 bits per heavy atom. The zero-order valence-corrected chi connectivity index (χ0v) is 19.9. The van der Waals surface area contributed by atoms with Gasteiger partial charge in [0.15, 0.2) is 6.10 Å². The number of anilines is 2. The number of thiophene rings is 2. The first-order valence-electron chi connectivity index (χ1n) is 10.1. The van der Waals surface area contributed by atoms with Crippen molar-refractivity contribution in [2.24, 2.45) is 0 Å². The molecule has 3 aromatic heterocycles. The van der Waals surface area contributed by atoms with Crippen LogP contribution in [0.5, 0.6) is 0 Å². The van der Waals surface area contributed by atoms with Crippen LogP contribution in [-0.4, -0.2) is 41.6 Å². The molecule has 4 rings (SSSR count). The Morgan fingerprint density at radius 2 is 1.94 bits per heavy atom. The summed E-state index contributed by atoms with van der Waals surface area (Å²) >= 11 is 2.91. The molecule has 0 aliphatic heterocycles. The number of aromatic nitrogens is 2. The Hall–Kier alpha value is -3.50. The molecule has 33 heavy (non-hydrogen) atoms. The molecule has 10 heteroatoms. The van der Waals surface area contributed by atoms with Gasteiger partial charge in [0.25, 0.3) is 11.5 Å². The fourth-order valence-corrected chi connectivity index (χ4v) is 4.93. The van der Waals surface area contributed by atoms with Gasteiger partial charge in [0.1, 0.15) is 11.4 Å². The molecular formula is C23H22N4O4S2. The summed E-state index contributed by atoms with van der Waals surface area (Å²) in [5, 5.41) is 7.03. The van der Waals surface area contributed by atoms with Gasteiger partial charge in [-0.3, -0.25) is 19.0 Å². The number of hydrogen-bond donors (Lipinski definition) is 1. The summed E-state index contributed by atoms with van der Waals surface area (Å²) < 4.78 is 6.47. The Labute approximate surface area is 198 Å². The van der Waals surface area contributed by atoms with Crippen molar-refractivity contribution in [3.8, 4) is 10.4 Å². The zero-order valence-electron chi connectivity index (χ0n) is 18.3.